The molecule has 18 heavy (non-hydrogen) atoms. The zero-order valence-corrected chi connectivity index (χ0v) is 11.4. The van der Waals surface area contributed by atoms with E-state index < -0.39 is 0 Å². The first kappa shape index (κ1) is 13.6. The van der Waals surface area contributed by atoms with Gasteiger partial charge in [0.05, 0.1) is 25.9 Å². The number of rotatable bonds is 4. The first-order valence-electron chi connectivity index (χ1n) is 5.97. The highest BCUT2D eigenvalue weighted by Crippen LogP contribution is 2.30. The number of thioether (sulfide) groups is 1. The van der Waals surface area contributed by atoms with Crippen LogP contribution < -0.4 is 10.1 Å². The third kappa shape index (κ3) is 2.79. The van der Waals surface area contributed by atoms with Gasteiger partial charge in [0.2, 0.25) is 0 Å². The maximum atomic E-state index is 14.2. The van der Waals surface area contributed by atoms with Crippen molar-refractivity contribution in [1.29, 1.82) is 0 Å². The molecule has 0 bridgehead atoms. The van der Waals surface area contributed by atoms with Crippen molar-refractivity contribution in [1.82, 2.24) is 5.32 Å². The fraction of sp³-hybridized carbons (Fsp3) is 0.538. The zero-order chi connectivity index (χ0) is 13.0. The standard InChI is InChI=1S/C13H18FNO2S/c1-15-13(11-8-18-7-6-17-11)9-4-3-5-10(16-2)12(9)14/h3-5,11,13,15H,6-8H2,1-2H3. The van der Waals surface area contributed by atoms with Gasteiger partial charge in [-0.1, -0.05) is 12.1 Å². The zero-order valence-electron chi connectivity index (χ0n) is 10.6. The second kappa shape index (κ2) is 6.41. The Hall–Kier alpha value is -0.780. The lowest BCUT2D eigenvalue weighted by atomic mass is 10.0. The van der Waals surface area contributed by atoms with Crippen LogP contribution in [0.25, 0.3) is 0 Å². The summed E-state index contributed by atoms with van der Waals surface area (Å²) in [6.07, 6.45) is -0.00430. The lowest BCUT2D eigenvalue weighted by molar-refractivity contribution is 0.0478. The van der Waals surface area contributed by atoms with E-state index in [1.165, 1.54) is 7.11 Å². The molecule has 100 valence electrons. The van der Waals surface area contributed by atoms with E-state index in [0.29, 0.717) is 5.56 Å². The minimum absolute atomic E-state index is 0.00430. The monoisotopic (exact) mass is 271 g/mol. The molecule has 2 rings (SSSR count). The summed E-state index contributed by atoms with van der Waals surface area (Å²) >= 11 is 1.84. The van der Waals surface area contributed by atoms with Gasteiger partial charge in [0.1, 0.15) is 0 Å². The summed E-state index contributed by atoms with van der Waals surface area (Å²) in [4.78, 5) is 0. The number of halogens is 1. The molecule has 0 aromatic heterocycles. The summed E-state index contributed by atoms with van der Waals surface area (Å²) in [5.41, 5.74) is 0.601. The van der Waals surface area contributed by atoms with Gasteiger partial charge < -0.3 is 14.8 Å². The predicted octanol–water partition coefficient (Wildman–Crippen LogP) is 2.23. The molecule has 2 atom stereocenters. The first-order valence-corrected chi connectivity index (χ1v) is 7.12. The van der Waals surface area contributed by atoms with Crippen molar-refractivity contribution in [3.05, 3.63) is 29.6 Å². The van der Waals surface area contributed by atoms with Crippen LogP contribution in [0.3, 0.4) is 0 Å². The molecule has 1 aromatic carbocycles. The normalized spacial score (nSPS) is 21.6. The van der Waals surface area contributed by atoms with E-state index in [9.17, 15) is 4.39 Å². The van der Waals surface area contributed by atoms with E-state index in [2.05, 4.69) is 5.32 Å². The Labute approximate surface area is 111 Å². The second-order valence-electron chi connectivity index (χ2n) is 4.11. The Balaban J connectivity index is 2.26. The van der Waals surface area contributed by atoms with Crippen LogP contribution in [0, 0.1) is 5.82 Å². The molecule has 1 heterocycles. The van der Waals surface area contributed by atoms with Gasteiger partial charge in [0.25, 0.3) is 0 Å². The van der Waals surface area contributed by atoms with Crippen LogP contribution in [0.4, 0.5) is 4.39 Å². The highest BCUT2D eigenvalue weighted by Gasteiger charge is 2.28. The number of benzene rings is 1. The number of nitrogens with one attached hydrogen (secondary N) is 1. The van der Waals surface area contributed by atoms with Crippen LogP contribution in [0.15, 0.2) is 18.2 Å². The topological polar surface area (TPSA) is 30.5 Å². The minimum Gasteiger partial charge on any atom is -0.494 e. The van der Waals surface area contributed by atoms with Crippen LogP contribution >= 0.6 is 11.8 Å². The Kier molecular flexibility index (Phi) is 4.86. The van der Waals surface area contributed by atoms with Crippen molar-refractivity contribution in [2.24, 2.45) is 0 Å². The maximum Gasteiger partial charge on any atom is 0.169 e. The van der Waals surface area contributed by atoms with Gasteiger partial charge in [-0.15, -0.1) is 0 Å². The fourth-order valence-corrected chi connectivity index (χ4v) is 3.07. The van der Waals surface area contributed by atoms with Crippen LogP contribution in [-0.4, -0.2) is 38.4 Å². The van der Waals surface area contributed by atoms with E-state index in [0.717, 1.165) is 18.1 Å². The van der Waals surface area contributed by atoms with Gasteiger partial charge in [0.15, 0.2) is 11.6 Å². The molecule has 1 saturated heterocycles. The smallest absolute Gasteiger partial charge is 0.169 e. The van der Waals surface area contributed by atoms with E-state index >= 15 is 0 Å². The average Bonchev–Trinajstić information content (AvgIpc) is 2.43. The molecule has 5 heteroatoms. The molecule has 1 aromatic rings. The number of methoxy groups -OCH3 is 1. The summed E-state index contributed by atoms with van der Waals surface area (Å²) in [6.45, 7) is 0.721. The number of hydrogen-bond donors (Lipinski definition) is 1. The molecular formula is C13H18FNO2S. The van der Waals surface area contributed by atoms with Gasteiger partial charge in [-0.05, 0) is 13.1 Å². The van der Waals surface area contributed by atoms with Crippen molar-refractivity contribution in [2.45, 2.75) is 12.1 Å². The molecule has 0 aliphatic carbocycles. The predicted molar refractivity (Wildman–Crippen MR) is 71.8 cm³/mol. The first-order chi connectivity index (χ1) is 8.77. The third-order valence-corrected chi connectivity index (χ3v) is 4.09. The summed E-state index contributed by atoms with van der Waals surface area (Å²) in [5, 5.41) is 3.15. The lowest BCUT2D eigenvalue weighted by Crippen LogP contribution is -2.37. The lowest BCUT2D eigenvalue weighted by Gasteiger charge is -2.30. The van der Waals surface area contributed by atoms with Crippen LogP contribution in [0.1, 0.15) is 11.6 Å². The highest BCUT2D eigenvalue weighted by molar-refractivity contribution is 7.99. The van der Waals surface area contributed by atoms with Crippen molar-refractivity contribution in [2.75, 3.05) is 32.3 Å². The van der Waals surface area contributed by atoms with Crippen LogP contribution in [-0.2, 0) is 4.74 Å². The highest BCUT2D eigenvalue weighted by atomic mass is 32.2. The third-order valence-electron chi connectivity index (χ3n) is 3.07. The van der Waals surface area contributed by atoms with Crippen molar-refractivity contribution >= 4 is 11.8 Å². The van der Waals surface area contributed by atoms with Crippen LogP contribution in [0.2, 0.25) is 0 Å². The molecule has 0 spiro atoms. The minimum atomic E-state index is -0.307. The van der Waals surface area contributed by atoms with Crippen LogP contribution in [0.5, 0.6) is 5.75 Å². The van der Waals surface area contributed by atoms with Gasteiger partial charge in [-0.3, -0.25) is 0 Å². The molecule has 0 saturated carbocycles. The van der Waals surface area contributed by atoms with E-state index in [4.69, 9.17) is 9.47 Å². The number of hydrogen-bond acceptors (Lipinski definition) is 4. The van der Waals surface area contributed by atoms with E-state index in [1.807, 2.05) is 18.8 Å². The Morgan fingerprint density at radius 2 is 2.39 bits per heavy atom. The Morgan fingerprint density at radius 1 is 1.56 bits per heavy atom. The van der Waals surface area contributed by atoms with Gasteiger partial charge in [-0.2, -0.15) is 11.8 Å². The van der Waals surface area contributed by atoms with E-state index in [-0.39, 0.29) is 23.7 Å². The van der Waals surface area contributed by atoms with Gasteiger partial charge in [0, 0.05) is 17.1 Å². The number of ether oxygens (including phenoxy) is 2. The summed E-state index contributed by atoms with van der Waals surface area (Å²) in [5.74, 6) is 1.85. The molecule has 1 fully saturated rings. The molecule has 0 radical (unpaired) electrons. The molecule has 1 aliphatic heterocycles. The number of likely N-dealkylation sites (N-methyl/N-ethyl adjacent to an activating group) is 1. The quantitative estimate of drug-likeness (QED) is 0.909. The van der Waals surface area contributed by atoms with Gasteiger partial charge >= 0.3 is 0 Å². The molecule has 1 aliphatic rings. The fourth-order valence-electron chi connectivity index (χ4n) is 2.17. The SMILES string of the molecule is CNC(c1cccc(OC)c1F)C1CSCCO1. The average molecular weight is 271 g/mol. The Bertz CT molecular complexity index is 397. The largest absolute Gasteiger partial charge is 0.494 e. The summed E-state index contributed by atoms with van der Waals surface area (Å²) in [7, 11) is 3.30. The summed E-state index contributed by atoms with van der Waals surface area (Å²) in [6, 6.07) is 5.06. The maximum absolute atomic E-state index is 14.2. The van der Waals surface area contributed by atoms with Crippen molar-refractivity contribution in [3.8, 4) is 5.75 Å². The second-order valence-corrected chi connectivity index (χ2v) is 5.26. The Morgan fingerprint density at radius 3 is 3.00 bits per heavy atom. The van der Waals surface area contributed by atoms with Gasteiger partial charge in [-0.25, -0.2) is 4.39 Å². The molecule has 2 unspecified atom stereocenters. The molecule has 0 amide bonds. The van der Waals surface area contributed by atoms with E-state index in [1.54, 1.807) is 18.2 Å². The summed E-state index contributed by atoms with van der Waals surface area (Å²) < 4.78 is 25.0. The molecular weight excluding hydrogens is 253 g/mol. The molecule has 1 N–H and O–H groups in total. The van der Waals surface area contributed by atoms with Crippen molar-refractivity contribution < 1.29 is 13.9 Å². The molecule has 3 nitrogen and oxygen atoms in total. The van der Waals surface area contributed by atoms with Crippen molar-refractivity contribution in [3.63, 3.8) is 0 Å².